The Bertz CT molecular complexity index is 788. The number of nitrogens with zero attached hydrogens (tertiary/aromatic N) is 1. The molecule has 1 heterocycles. The van der Waals surface area contributed by atoms with Gasteiger partial charge < -0.3 is 15.0 Å². The third-order valence-electron chi connectivity index (χ3n) is 4.35. The molecule has 5 heteroatoms. The number of hydrogen-bond acceptors (Lipinski definition) is 3. The molecule has 3 rings (SSSR count). The minimum Gasteiger partial charge on any atom is -0.492 e. The van der Waals surface area contributed by atoms with Gasteiger partial charge in [0.25, 0.3) is 0 Å². The summed E-state index contributed by atoms with van der Waals surface area (Å²) in [6, 6.07) is 15.1. The fourth-order valence-corrected chi connectivity index (χ4v) is 3.02. The molecule has 0 aromatic heterocycles. The van der Waals surface area contributed by atoms with E-state index < -0.39 is 0 Å². The topological polar surface area (TPSA) is 58.6 Å². The molecule has 130 valence electrons. The summed E-state index contributed by atoms with van der Waals surface area (Å²) in [5.41, 5.74) is 2.51. The lowest BCUT2D eigenvalue weighted by Gasteiger charge is -2.20. The number of ether oxygens (including phenoxy) is 1. The Hall–Kier alpha value is -2.82. The summed E-state index contributed by atoms with van der Waals surface area (Å²) in [6.07, 6.45) is 0.207. The van der Waals surface area contributed by atoms with E-state index in [-0.39, 0.29) is 24.2 Å². The number of carbonyl (C=O) groups excluding carboxylic acids is 2. The summed E-state index contributed by atoms with van der Waals surface area (Å²) in [6.45, 7) is 4.73. The Kier molecular flexibility index (Phi) is 5.03. The van der Waals surface area contributed by atoms with Crippen LogP contribution >= 0.6 is 0 Å². The highest BCUT2D eigenvalue weighted by atomic mass is 16.5. The van der Waals surface area contributed by atoms with Crippen molar-refractivity contribution >= 4 is 23.2 Å². The van der Waals surface area contributed by atoms with Crippen molar-refractivity contribution in [2.75, 3.05) is 23.4 Å². The summed E-state index contributed by atoms with van der Waals surface area (Å²) in [7, 11) is 0. The molecule has 2 aromatic carbocycles. The van der Waals surface area contributed by atoms with Gasteiger partial charge in [-0.25, -0.2) is 0 Å². The maximum atomic E-state index is 12.6. The number of benzene rings is 2. The third kappa shape index (κ3) is 3.65. The maximum absolute atomic E-state index is 12.6. The zero-order chi connectivity index (χ0) is 17.8. The lowest BCUT2D eigenvalue weighted by Crippen LogP contribution is -2.28. The van der Waals surface area contributed by atoms with Gasteiger partial charge in [-0.15, -0.1) is 0 Å². The van der Waals surface area contributed by atoms with Crippen molar-refractivity contribution in [3.05, 3.63) is 54.1 Å². The van der Waals surface area contributed by atoms with Gasteiger partial charge in [0.1, 0.15) is 5.75 Å². The van der Waals surface area contributed by atoms with E-state index in [1.165, 1.54) is 0 Å². The SMILES string of the molecule is CCOc1ccccc1N1CC(C(=O)Nc2ccccc2C)CC1=O. The van der Waals surface area contributed by atoms with E-state index in [0.717, 1.165) is 16.9 Å². The maximum Gasteiger partial charge on any atom is 0.229 e. The first-order chi connectivity index (χ1) is 12.1. The zero-order valence-corrected chi connectivity index (χ0v) is 14.5. The van der Waals surface area contributed by atoms with E-state index in [1.54, 1.807) is 4.90 Å². The lowest BCUT2D eigenvalue weighted by atomic mass is 10.1. The van der Waals surface area contributed by atoms with Crippen molar-refractivity contribution < 1.29 is 14.3 Å². The number of para-hydroxylation sites is 3. The molecule has 1 aliphatic heterocycles. The van der Waals surface area contributed by atoms with Crippen molar-refractivity contribution in [3.8, 4) is 5.75 Å². The van der Waals surface area contributed by atoms with Crippen molar-refractivity contribution in [2.24, 2.45) is 5.92 Å². The lowest BCUT2D eigenvalue weighted by molar-refractivity contribution is -0.122. The highest BCUT2D eigenvalue weighted by molar-refractivity contribution is 6.04. The Morgan fingerprint density at radius 2 is 1.92 bits per heavy atom. The van der Waals surface area contributed by atoms with Crippen LogP contribution in [0.3, 0.4) is 0 Å². The molecular formula is C20H22N2O3. The number of rotatable bonds is 5. The van der Waals surface area contributed by atoms with E-state index in [2.05, 4.69) is 5.32 Å². The molecule has 0 radical (unpaired) electrons. The second-order valence-electron chi connectivity index (χ2n) is 6.11. The largest absolute Gasteiger partial charge is 0.492 e. The van der Waals surface area contributed by atoms with Crippen molar-refractivity contribution in [2.45, 2.75) is 20.3 Å². The third-order valence-corrected chi connectivity index (χ3v) is 4.35. The molecule has 2 aromatic rings. The minimum atomic E-state index is -0.373. The molecule has 25 heavy (non-hydrogen) atoms. The van der Waals surface area contributed by atoms with Gasteiger partial charge in [-0.1, -0.05) is 30.3 Å². The quantitative estimate of drug-likeness (QED) is 0.909. The van der Waals surface area contributed by atoms with E-state index in [0.29, 0.717) is 18.9 Å². The van der Waals surface area contributed by atoms with Crippen LogP contribution in [0.1, 0.15) is 18.9 Å². The molecule has 1 saturated heterocycles. The molecule has 0 aliphatic carbocycles. The fourth-order valence-electron chi connectivity index (χ4n) is 3.02. The predicted molar refractivity (Wildman–Crippen MR) is 97.9 cm³/mol. The average molecular weight is 338 g/mol. The van der Waals surface area contributed by atoms with Crippen LogP contribution in [0.5, 0.6) is 5.75 Å². The van der Waals surface area contributed by atoms with Gasteiger partial charge in [-0.3, -0.25) is 9.59 Å². The van der Waals surface area contributed by atoms with Crippen LogP contribution in [0.4, 0.5) is 11.4 Å². The molecule has 1 N–H and O–H groups in total. The number of hydrogen-bond donors (Lipinski definition) is 1. The minimum absolute atomic E-state index is 0.0583. The molecule has 0 spiro atoms. The second-order valence-corrected chi connectivity index (χ2v) is 6.11. The Balaban J connectivity index is 1.74. The van der Waals surface area contributed by atoms with Gasteiger partial charge in [-0.2, -0.15) is 0 Å². The molecule has 1 fully saturated rings. The first kappa shape index (κ1) is 17.0. The van der Waals surface area contributed by atoms with Crippen LogP contribution in [0, 0.1) is 12.8 Å². The smallest absolute Gasteiger partial charge is 0.229 e. The highest BCUT2D eigenvalue weighted by Crippen LogP contribution is 2.33. The normalized spacial score (nSPS) is 16.8. The molecule has 5 nitrogen and oxygen atoms in total. The van der Waals surface area contributed by atoms with Crippen LogP contribution in [-0.4, -0.2) is 25.0 Å². The van der Waals surface area contributed by atoms with Gasteiger partial charge in [0.2, 0.25) is 11.8 Å². The summed E-state index contributed by atoms with van der Waals surface area (Å²) >= 11 is 0. The number of amides is 2. The molecule has 1 unspecified atom stereocenters. The Morgan fingerprint density at radius 1 is 1.20 bits per heavy atom. The predicted octanol–water partition coefficient (Wildman–Crippen LogP) is 3.39. The van der Waals surface area contributed by atoms with Gasteiger partial charge in [0.05, 0.1) is 18.2 Å². The molecular weight excluding hydrogens is 316 g/mol. The van der Waals surface area contributed by atoms with Gasteiger partial charge in [0.15, 0.2) is 0 Å². The van der Waals surface area contributed by atoms with Gasteiger partial charge in [-0.05, 0) is 37.6 Å². The van der Waals surface area contributed by atoms with Crippen LogP contribution in [-0.2, 0) is 9.59 Å². The van der Waals surface area contributed by atoms with E-state index in [4.69, 9.17) is 4.74 Å². The molecule has 0 bridgehead atoms. The fraction of sp³-hybridized carbons (Fsp3) is 0.300. The molecule has 1 aliphatic rings. The van der Waals surface area contributed by atoms with Crippen molar-refractivity contribution in [1.29, 1.82) is 0 Å². The molecule has 2 amide bonds. The Morgan fingerprint density at radius 3 is 2.68 bits per heavy atom. The number of aryl methyl sites for hydroxylation is 1. The average Bonchev–Trinajstić information content (AvgIpc) is 2.99. The molecule has 0 saturated carbocycles. The van der Waals surface area contributed by atoms with Crippen molar-refractivity contribution in [3.63, 3.8) is 0 Å². The number of anilines is 2. The monoisotopic (exact) mass is 338 g/mol. The summed E-state index contributed by atoms with van der Waals surface area (Å²) in [4.78, 5) is 26.7. The van der Waals surface area contributed by atoms with E-state index in [1.807, 2.05) is 62.4 Å². The van der Waals surface area contributed by atoms with Crippen LogP contribution in [0.15, 0.2) is 48.5 Å². The van der Waals surface area contributed by atoms with Crippen molar-refractivity contribution in [1.82, 2.24) is 0 Å². The van der Waals surface area contributed by atoms with Crippen LogP contribution < -0.4 is 15.0 Å². The van der Waals surface area contributed by atoms with Crippen LogP contribution in [0.25, 0.3) is 0 Å². The van der Waals surface area contributed by atoms with E-state index >= 15 is 0 Å². The second kappa shape index (κ2) is 7.38. The molecule has 1 atom stereocenters. The van der Waals surface area contributed by atoms with Gasteiger partial charge in [0, 0.05) is 18.7 Å². The summed E-state index contributed by atoms with van der Waals surface area (Å²) in [5.74, 6) is 0.108. The number of carbonyl (C=O) groups is 2. The first-order valence-electron chi connectivity index (χ1n) is 8.49. The zero-order valence-electron chi connectivity index (χ0n) is 14.5. The standard InChI is InChI=1S/C20H22N2O3/c1-3-25-18-11-7-6-10-17(18)22-13-15(12-19(22)23)20(24)21-16-9-5-4-8-14(16)2/h4-11,15H,3,12-13H2,1-2H3,(H,21,24). The van der Waals surface area contributed by atoms with E-state index in [9.17, 15) is 9.59 Å². The number of nitrogens with one attached hydrogen (secondary N) is 1. The highest BCUT2D eigenvalue weighted by Gasteiger charge is 2.36. The Labute approximate surface area is 147 Å². The summed E-state index contributed by atoms with van der Waals surface area (Å²) in [5, 5.41) is 2.94. The first-order valence-corrected chi connectivity index (χ1v) is 8.49. The van der Waals surface area contributed by atoms with Gasteiger partial charge >= 0.3 is 0 Å². The summed E-state index contributed by atoms with van der Waals surface area (Å²) < 4.78 is 5.61. The van der Waals surface area contributed by atoms with Crippen LogP contribution in [0.2, 0.25) is 0 Å².